The van der Waals surface area contributed by atoms with Crippen LogP contribution in [0.25, 0.3) is 0 Å². The number of rotatable bonds is 8. The minimum Gasteiger partial charge on any atom is -0.338 e. The Bertz CT molecular complexity index is 1180. The lowest BCUT2D eigenvalue weighted by molar-refractivity contribution is -0.137. The van der Waals surface area contributed by atoms with E-state index in [0.717, 1.165) is 11.8 Å². The third-order valence-electron chi connectivity index (χ3n) is 6.69. The Balaban J connectivity index is 1.63. The fourth-order valence-electron chi connectivity index (χ4n) is 5.06. The molecule has 2 heterocycles. The van der Waals surface area contributed by atoms with Crippen LogP contribution in [-0.4, -0.2) is 46.9 Å². The fourth-order valence-corrected chi connectivity index (χ4v) is 5.06. The molecule has 1 aliphatic heterocycles. The van der Waals surface area contributed by atoms with Gasteiger partial charge in [-0.2, -0.15) is 13.2 Å². The van der Waals surface area contributed by atoms with Crippen LogP contribution in [0.15, 0.2) is 72.9 Å². The smallest absolute Gasteiger partial charge is 0.338 e. The molecule has 37 heavy (non-hydrogen) atoms. The molecule has 0 N–H and O–H groups in total. The standard InChI is InChI=1S/C29H31F4N3O/c1-20(2)15-36(28(37)21-9-11-25(30)12-10-21)17-23-16-35(18-26-8-3-4-13-34-26)19-27(23)22-6-5-7-24(14-22)29(31,32)33/h3-14,20,23,27H,15-19H2,1-2H3. The topological polar surface area (TPSA) is 36.4 Å². The third kappa shape index (κ3) is 6.95. The average Bonchev–Trinajstić information content (AvgIpc) is 3.25. The maximum atomic E-state index is 13.5. The van der Waals surface area contributed by atoms with Gasteiger partial charge in [0, 0.05) is 50.4 Å². The van der Waals surface area contributed by atoms with Crippen molar-refractivity contribution in [2.45, 2.75) is 32.5 Å². The van der Waals surface area contributed by atoms with Gasteiger partial charge in [-0.3, -0.25) is 14.7 Å². The molecule has 1 fully saturated rings. The molecule has 3 aromatic rings. The Morgan fingerprint density at radius 1 is 1.05 bits per heavy atom. The van der Waals surface area contributed by atoms with E-state index in [0.29, 0.717) is 43.9 Å². The molecule has 0 bridgehead atoms. The summed E-state index contributed by atoms with van der Waals surface area (Å²) in [6.45, 7) is 6.64. The summed E-state index contributed by atoms with van der Waals surface area (Å²) in [5, 5.41) is 0. The zero-order valence-electron chi connectivity index (χ0n) is 21.0. The summed E-state index contributed by atoms with van der Waals surface area (Å²) in [5.41, 5.74) is 1.21. The van der Waals surface area contributed by atoms with Crippen molar-refractivity contribution >= 4 is 5.91 Å². The van der Waals surface area contributed by atoms with Gasteiger partial charge in [-0.15, -0.1) is 0 Å². The van der Waals surface area contributed by atoms with E-state index in [1.807, 2.05) is 32.0 Å². The average molecular weight is 514 g/mol. The summed E-state index contributed by atoms with van der Waals surface area (Å²) in [6.07, 6.45) is -2.71. The molecule has 2 aromatic carbocycles. The van der Waals surface area contributed by atoms with Gasteiger partial charge < -0.3 is 4.90 Å². The van der Waals surface area contributed by atoms with Crippen LogP contribution < -0.4 is 0 Å². The number of carbonyl (C=O) groups excluding carboxylic acids is 1. The van der Waals surface area contributed by atoms with Crippen LogP contribution in [0.4, 0.5) is 17.6 Å². The van der Waals surface area contributed by atoms with Crippen LogP contribution in [-0.2, 0) is 12.7 Å². The molecule has 0 radical (unpaired) electrons. The molecule has 1 aromatic heterocycles. The summed E-state index contributed by atoms with van der Waals surface area (Å²) >= 11 is 0. The van der Waals surface area contributed by atoms with Crippen molar-refractivity contribution < 1.29 is 22.4 Å². The van der Waals surface area contributed by atoms with Gasteiger partial charge in [0.15, 0.2) is 0 Å². The van der Waals surface area contributed by atoms with Gasteiger partial charge >= 0.3 is 6.18 Å². The van der Waals surface area contributed by atoms with Crippen LogP contribution in [0.1, 0.15) is 46.9 Å². The summed E-state index contributed by atoms with van der Waals surface area (Å²) in [4.78, 5) is 21.8. The van der Waals surface area contributed by atoms with Gasteiger partial charge in [-0.05, 0) is 59.9 Å². The van der Waals surface area contributed by atoms with Gasteiger partial charge in [0.25, 0.3) is 5.91 Å². The number of alkyl halides is 3. The molecule has 1 aliphatic rings. The number of aromatic nitrogens is 1. The number of nitrogens with zero attached hydrogens (tertiary/aromatic N) is 3. The highest BCUT2D eigenvalue weighted by Crippen LogP contribution is 2.37. The van der Waals surface area contributed by atoms with Crippen LogP contribution in [0.5, 0.6) is 0 Å². The van der Waals surface area contributed by atoms with E-state index in [-0.39, 0.29) is 23.7 Å². The van der Waals surface area contributed by atoms with Gasteiger partial charge in [-0.25, -0.2) is 4.39 Å². The summed E-state index contributed by atoms with van der Waals surface area (Å²) in [7, 11) is 0. The predicted molar refractivity (Wildman–Crippen MR) is 134 cm³/mol. The predicted octanol–water partition coefficient (Wildman–Crippen LogP) is 6.25. The van der Waals surface area contributed by atoms with Gasteiger partial charge in [-0.1, -0.05) is 38.1 Å². The van der Waals surface area contributed by atoms with Crippen LogP contribution in [0.2, 0.25) is 0 Å². The molecule has 0 saturated carbocycles. The molecule has 0 aliphatic carbocycles. The highest BCUT2D eigenvalue weighted by Gasteiger charge is 2.38. The SMILES string of the molecule is CC(C)CN(CC1CN(Cc2ccccn2)CC1c1cccc(C(F)(F)F)c1)C(=O)c1ccc(F)cc1. The Morgan fingerprint density at radius 3 is 2.46 bits per heavy atom. The Morgan fingerprint density at radius 2 is 1.81 bits per heavy atom. The minimum absolute atomic E-state index is 0.0876. The Hall–Kier alpha value is -3.26. The van der Waals surface area contributed by atoms with Gasteiger partial charge in [0.1, 0.15) is 5.82 Å². The van der Waals surface area contributed by atoms with Crippen molar-refractivity contribution in [1.29, 1.82) is 0 Å². The first-order valence-electron chi connectivity index (χ1n) is 12.4. The first kappa shape index (κ1) is 26.8. The molecular formula is C29H31F4N3O. The van der Waals surface area contributed by atoms with Crippen LogP contribution >= 0.6 is 0 Å². The van der Waals surface area contributed by atoms with E-state index < -0.39 is 17.6 Å². The number of amides is 1. The second-order valence-electron chi connectivity index (χ2n) is 10.1. The first-order valence-corrected chi connectivity index (χ1v) is 12.4. The van der Waals surface area contributed by atoms with E-state index in [1.165, 1.54) is 36.4 Å². The lowest BCUT2D eigenvalue weighted by Crippen LogP contribution is -2.39. The number of halogens is 4. The van der Waals surface area contributed by atoms with Crippen molar-refractivity contribution in [2.24, 2.45) is 11.8 Å². The highest BCUT2D eigenvalue weighted by molar-refractivity contribution is 5.94. The van der Waals surface area contributed by atoms with Crippen molar-refractivity contribution in [3.05, 3.63) is 101 Å². The molecule has 4 rings (SSSR count). The van der Waals surface area contributed by atoms with E-state index in [4.69, 9.17) is 0 Å². The van der Waals surface area contributed by atoms with Crippen molar-refractivity contribution in [3.8, 4) is 0 Å². The zero-order chi connectivity index (χ0) is 26.6. The van der Waals surface area contributed by atoms with E-state index in [2.05, 4.69) is 9.88 Å². The highest BCUT2D eigenvalue weighted by atomic mass is 19.4. The second-order valence-corrected chi connectivity index (χ2v) is 10.1. The number of likely N-dealkylation sites (tertiary alicyclic amines) is 1. The molecule has 1 amide bonds. The van der Waals surface area contributed by atoms with E-state index in [9.17, 15) is 22.4 Å². The number of benzene rings is 2. The fraction of sp³-hybridized carbons (Fsp3) is 0.379. The molecule has 196 valence electrons. The lowest BCUT2D eigenvalue weighted by Gasteiger charge is -2.30. The largest absolute Gasteiger partial charge is 0.416 e. The molecule has 4 nitrogen and oxygen atoms in total. The summed E-state index contributed by atoms with van der Waals surface area (Å²) < 4.78 is 53.9. The lowest BCUT2D eigenvalue weighted by atomic mass is 9.87. The van der Waals surface area contributed by atoms with Crippen LogP contribution in [0.3, 0.4) is 0 Å². The Kier molecular flexibility index (Phi) is 8.27. The molecule has 0 spiro atoms. The van der Waals surface area contributed by atoms with E-state index >= 15 is 0 Å². The Labute approximate surface area is 214 Å². The number of carbonyl (C=O) groups is 1. The van der Waals surface area contributed by atoms with E-state index in [1.54, 1.807) is 17.2 Å². The molecule has 1 saturated heterocycles. The third-order valence-corrected chi connectivity index (χ3v) is 6.69. The van der Waals surface area contributed by atoms with Crippen molar-refractivity contribution in [2.75, 3.05) is 26.2 Å². The van der Waals surface area contributed by atoms with Crippen molar-refractivity contribution in [1.82, 2.24) is 14.8 Å². The monoisotopic (exact) mass is 513 g/mol. The number of hydrogen-bond acceptors (Lipinski definition) is 3. The number of pyridine rings is 1. The van der Waals surface area contributed by atoms with Gasteiger partial charge in [0.05, 0.1) is 11.3 Å². The molecular weight excluding hydrogens is 482 g/mol. The maximum Gasteiger partial charge on any atom is 0.416 e. The summed E-state index contributed by atoms with van der Waals surface area (Å²) in [6, 6.07) is 16.6. The normalized spacial score (nSPS) is 18.4. The first-order chi connectivity index (χ1) is 17.6. The molecule has 2 unspecified atom stereocenters. The summed E-state index contributed by atoms with van der Waals surface area (Å²) in [5.74, 6) is -0.725. The van der Waals surface area contributed by atoms with Gasteiger partial charge in [0.2, 0.25) is 0 Å². The number of hydrogen-bond donors (Lipinski definition) is 0. The minimum atomic E-state index is -4.43. The zero-order valence-corrected chi connectivity index (χ0v) is 21.0. The molecule has 8 heteroatoms. The molecule has 2 atom stereocenters. The quantitative estimate of drug-likeness (QED) is 0.334. The maximum absolute atomic E-state index is 13.5. The van der Waals surface area contributed by atoms with Crippen molar-refractivity contribution in [3.63, 3.8) is 0 Å². The second kappa shape index (κ2) is 11.4. The van der Waals surface area contributed by atoms with Crippen LogP contribution in [0, 0.1) is 17.7 Å².